The van der Waals surface area contributed by atoms with Crippen molar-refractivity contribution in [3.8, 4) is 33.2 Å². The number of aryl methyl sites for hydroxylation is 1. The first-order chi connectivity index (χ1) is 18.5. The van der Waals surface area contributed by atoms with Crippen molar-refractivity contribution in [3.63, 3.8) is 0 Å². The Balaban J connectivity index is 1.30. The number of imidazole rings is 1. The van der Waals surface area contributed by atoms with Gasteiger partial charge in [-0.3, -0.25) is 15.1 Å². The largest absolute Gasteiger partial charge is 0.358 e. The van der Waals surface area contributed by atoms with Crippen LogP contribution in [-0.4, -0.2) is 30.1 Å². The molecule has 0 atom stereocenters. The number of H-pyrrole nitrogens is 2. The molecule has 0 bridgehead atoms. The second-order valence-electron chi connectivity index (χ2n) is 9.72. The van der Waals surface area contributed by atoms with Crippen LogP contribution in [-0.2, 0) is 0 Å². The Hall–Kier alpha value is -4.37. The number of para-hydroxylation sites is 1. The highest BCUT2D eigenvalue weighted by Gasteiger charge is 2.23. The zero-order valence-electron chi connectivity index (χ0n) is 20.7. The van der Waals surface area contributed by atoms with Gasteiger partial charge in [-0.25, -0.2) is 9.37 Å². The maximum absolute atomic E-state index is 16.1. The molecule has 1 fully saturated rings. The molecule has 5 heterocycles. The third-order valence-electron chi connectivity index (χ3n) is 7.20. The maximum atomic E-state index is 16.1. The highest BCUT2D eigenvalue weighted by atomic mass is 32.1. The van der Waals surface area contributed by atoms with Crippen LogP contribution >= 0.6 is 11.3 Å². The summed E-state index contributed by atoms with van der Waals surface area (Å²) < 4.78 is 16.1. The molecule has 38 heavy (non-hydrogen) atoms. The van der Waals surface area contributed by atoms with Gasteiger partial charge in [0.2, 0.25) is 0 Å². The maximum Gasteiger partial charge on any atom is 0.161 e. The van der Waals surface area contributed by atoms with E-state index in [-0.39, 0.29) is 5.69 Å². The number of nitrogens with one attached hydrogen (secondary N) is 3. The molecule has 1 aromatic carbocycles. The molecule has 7 rings (SSSR count). The minimum absolute atomic E-state index is 0.205. The molecule has 188 valence electrons. The minimum atomic E-state index is -0.474. The van der Waals surface area contributed by atoms with E-state index in [9.17, 15) is 0 Å². The number of anilines is 1. The summed E-state index contributed by atoms with van der Waals surface area (Å²) in [6, 6.07) is 12.1. The van der Waals surface area contributed by atoms with E-state index in [4.69, 9.17) is 4.98 Å². The molecule has 5 aromatic heterocycles. The lowest BCUT2D eigenvalue weighted by Gasteiger charge is -2.28. The number of halogens is 1. The molecule has 0 amide bonds. The van der Waals surface area contributed by atoms with Crippen molar-refractivity contribution in [2.75, 3.05) is 5.32 Å². The Morgan fingerprint density at radius 3 is 2.79 bits per heavy atom. The summed E-state index contributed by atoms with van der Waals surface area (Å²) in [5.74, 6) is 0.498. The lowest BCUT2D eigenvalue weighted by molar-refractivity contribution is 0.371. The van der Waals surface area contributed by atoms with Gasteiger partial charge in [-0.05, 0) is 49.9 Å². The van der Waals surface area contributed by atoms with E-state index >= 15 is 4.39 Å². The minimum Gasteiger partial charge on any atom is -0.358 e. The molecule has 9 heteroatoms. The first-order valence-corrected chi connectivity index (χ1v) is 13.4. The fourth-order valence-electron chi connectivity index (χ4n) is 4.95. The zero-order valence-corrected chi connectivity index (χ0v) is 21.5. The van der Waals surface area contributed by atoms with Crippen molar-refractivity contribution in [2.24, 2.45) is 5.92 Å². The Morgan fingerprint density at radius 2 is 2.00 bits per heavy atom. The van der Waals surface area contributed by atoms with E-state index in [2.05, 4.69) is 62.2 Å². The van der Waals surface area contributed by atoms with Crippen LogP contribution in [0.1, 0.15) is 24.1 Å². The summed E-state index contributed by atoms with van der Waals surface area (Å²) in [6.45, 7) is 6.25. The third-order valence-corrected chi connectivity index (χ3v) is 8.24. The Kier molecular flexibility index (Phi) is 5.33. The molecule has 0 unspecified atom stereocenters. The normalized spacial score (nSPS) is 13.7. The van der Waals surface area contributed by atoms with E-state index in [1.165, 1.54) is 11.3 Å². The highest BCUT2D eigenvalue weighted by Crippen LogP contribution is 2.37. The van der Waals surface area contributed by atoms with E-state index in [1.54, 1.807) is 29.9 Å². The molecular weight excluding hydrogens is 497 g/mol. The second kappa shape index (κ2) is 8.88. The van der Waals surface area contributed by atoms with Crippen LogP contribution in [0.25, 0.3) is 55.2 Å². The number of thiophene rings is 1. The summed E-state index contributed by atoms with van der Waals surface area (Å²) in [6.07, 6.45) is 8.45. The SMILES string of the molecule is C=C(Nc1cncc(-c2ncc3[nH]nc(-c4nc5c(-c6ccc(C)s6)cccc5[nH]4)c3c2F)c1)C1CCC1. The van der Waals surface area contributed by atoms with Crippen molar-refractivity contribution in [3.05, 3.63) is 78.0 Å². The van der Waals surface area contributed by atoms with Gasteiger partial charge in [-0.15, -0.1) is 11.3 Å². The molecule has 0 aliphatic heterocycles. The van der Waals surface area contributed by atoms with E-state index in [0.29, 0.717) is 33.9 Å². The van der Waals surface area contributed by atoms with Crippen molar-refractivity contribution >= 4 is 39.0 Å². The Morgan fingerprint density at radius 1 is 1.11 bits per heavy atom. The molecule has 0 spiro atoms. The van der Waals surface area contributed by atoms with Crippen molar-refractivity contribution in [1.82, 2.24) is 30.1 Å². The third kappa shape index (κ3) is 3.78. The fraction of sp³-hybridized carbons (Fsp3) is 0.172. The number of fused-ring (bicyclic) bond motifs is 2. The van der Waals surface area contributed by atoms with E-state index in [1.807, 2.05) is 18.2 Å². The molecule has 1 aliphatic carbocycles. The number of pyridine rings is 2. The molecule has 6 aromatic rings. The van der Waals surface area contributed by atoms with Crippen molar-refractivity contribution < 1.29 is 4.39 Å². The number of nitrogens with zero attached hydrogens (tertiary/aromatic N) is 4. The van der Waals surface area contributed by atoms with Gasteiger partial charge in [0.25, 0.3) is 0 Å². The van der Waals surface area contributed by atoms with Crippen LogP contribution in [0.4, 0.5) is 10.1 Å². The summed E-state index contributed by atoms with van der Waals surface area (Å²) in [5.41, 5.74) is 6.14. The van der Waals surface area contributed by atoms with Crippen LogP contribution in [0.2, 0.25) is 0 Å². The monoisotopic (exact) mass is 521 g/mol. The first-order valence-electron chi connectivity index (χ1n) is 12.5. The summed E-state index contributed by atoms with van der Waals surface area (Å²) in [5, 5.41) is 11.0. The summed E-state index contributed by atoms with van der Waals surface area (Å²) in [4.78, 5) is 19.3. The Labute approximate surface area is 221 Å². The Bertz CT molecular complexity index is 1840. The smallest absolute Gasteiger partial charge is 0.161 e. The summed E-state index contributed by atoms with van der Waals surface area (Å²) in [7, 11) is 0. The predicted octanol–water partition coefficient (Wildman–Crippen LogP) is 7.46. The molecule has 1 aliphatic rings. The average Bonchev–Trinajstić information content (AvgIpc) is 3.61. The van der Waals surface area contributed by atoms with E-state index in [0.717, 1.165) is 45.7 Å². The van der Waals surface area contributed by atoms with Gasteiger partial charge in [-0.1, -0.05) is 25.1 Å². The summed E-state index contributed by atoms with van der Waals surface area (Å²) >= 11 is 1.72. The van der Waals surface area contributed by atoms with Crippen LogP contribution in [0, 0.1) is 18.7 Å². The highest BCUT2D eigenvalue weighted by molar-refractivity contribution is 7.15. The molecule has 0 radical (unpaired) electrons. The molecule has 1 saturated carbocycles. The van der Waals surface area contributed by atoms with Crippen LogP contribution in [0.15, 0.2) is 67.3 Å². The van der Waals surface area contributed by atoms with Gasteiger partial charge in [0.1, 0.15) is 11.4 Å². The quantitative estimate of drug-likeness (QED) is 0.211. The zero-order chi connectivity index (χ0) is 25.8. The lowest BCUT2D eigenvalue weighted by atomic mass is 9.83. The predicted molar refractivity (Wildman–Crippen MR) is 150 cm³/mol. The number of hydrogen-bond acceptors (Lipinski definition) is 6. The van der Waals surface area contributed by atoms with Crippen molar-refractivity contribution in [1.29, 1.82) is 0 Å². The van der Waals surface area contributed by atoms with Crippen LogP contribution in [0.3, 0.4) is 0 Å². The molecule has 7 nitrogen and oxygen atoms in total. The number of hydrogen-bond donors (Lipinski definition) is 3. The number of aromatic amines is 2. The number of allylic oxidation sites excluding steroid dienone is 1. The second-order valence-corrected chi connectivity index (χ2v) is 11.0. The van der Waals surface area contributed by atoms with Gasteiger partial charge in [-0.2, -0.15) is 5.10 Å². The van der Waals surface area contributed by atoms with Crippen molar-refractivity contribution in [2.45, 2.75) is 26.2 Å². The average molecular weight is 522 g/mol. The molecule has 3 N–H and O–H groups in total. The van der Waals surface area contributed by atoms with Gasteiger partial charge in [0.15, 0.2) is 11.6 Å². The fourth-order valence-corrected chi connectivity index (χ4v) is 5.85. The lowest BCUT2D eigenvalue weighted by Crippen LogP contribution is -2.18. The van der Waals surface area contributed by atoms with Crippen LogP contribution < -0.4 is 5.32 Å². The van der Waals surface area contributed by atoms with Gasteiger partial charge in [0.05, 0.1) is 40.0 Å². The van der Waals surface area contributed by atoms with E-state index < -0.39 is 5.82 Å². The van der Waals surface area contributed by atoms with Gasteiger partial charge >= 0.3 is 0 Å². The number of aromatic nitrogens is 6. The topological polar surface area (TPSA) is 95.2 Å². The number of rotatable bonds is 6. The van der Waals surface area contributed by atoms with Gasteiger partial charge < -0.3 is 10.3 Å². The molecule has 0 saturated heterocycles. The number of benzene rings is 1. The van der Waals surface area contributed by atoms with Gasteiger partial charge in [0, 0.05) is 32.8 Å². The van der Waals surface area contributed by atoms with Crippen LogP contribution in [0.5, 0.6) is 0 Å². The molecular formula is C29H24FN7S. The standard InChI is InChI=1S/C29H24FN7S/c1-15-9-10-23(38-15)20-7-4-8-21-27(20)35-29(34-21)28-24-22(36-37-28)14-32-26(25(24)30)18-11-19(13-31-12-18)33-16(2)17-5-3-6-17/h4,7-14,17,33H,2-3,5-6H2,1H3,(H,34,35)(H,36,37). The first kappa shape index (κ1) is 22.8.